The van der Waals surface area contributed by atoms with Crippen LogP contribution in [0.25, 0.3) is 0 Å². The van der Waals surface area contributed by atoms with Crippen LogP contribution in [-0.2, 0) is 0 Å². The van der Waals surface area contributed by atoms with Crippen molar-refractivity contribution in [2.45, 2.75) is 5.03 Å². The van der Waals surface area contributed by atoms with Crippen molar-refractivity contribution < 1.29 is 9.90 Å². The van der Waals surface area contributed by atoms with Gasteiger partial charge >= 0.3 is 5.97 Å². The molecular formula is C9H8ClNO2S. The van der Waals surface area contributed by atoms with Gasteiger partial charge in [0, 0.05) is 17.0 Å². The standard InChI is InChI=1S/C9H8ClNO2S/c1-6(10)5-14-8-3-2-7(4-11-8)9(12)13/h2-4H,1,5H2,(H,12,13). The van der Waals surface area contributed by atoms with Crippen molar-refractivity contribution in [3.05, 3.63) is 35.5 Å². The molecule has 0 bridgehead atoms. The van der Waals surface area contributed by atoms with Gasteiger partial charge in [-0.25, -0.2) is 9.78 Å². The third-order valence-electron chi connectivity index (χ3n) is 1.36. The Hall–Kier alpha value is -1.00. The first-order valence-corrected chi connectivity index (χ1v) is 5.11. The minimum absolute atomic E-state index is 0.180. The van der Waals surface area contributed by atoms with E-state index >= 15 is 0 Å². The zero-order valence-corrected chi connectivity index (χ0v) is 8.81. The second kappa shape index (κ2) is 5.02. The van der Waals surface area contributed by atoms with E-state index < -0.39 is 5.97 Å². The Morgan fingerprint density at radius 1 is 1.64 bits per heavy atom. The number of aromatic carboxylic acids is 1. The van der Waals surface area contributed by atoms with Gasteiger partial charge in [0.05, 0.1) is 10.6 Å². The number of nitrogens with zero attached hydrogens (tertiary/aromatic N) is 1. The van der Waals surface area contributed by atoms with Gasteiger partial charge in [0.2, 0.25) is 0 Å². The fourth-order valence-electron chi connectivity index (χ4n) is 0.744. The molecule has 5 heteroatoms. The van der Waals surface area contributed by atoms with E-state index in [9.17, 15) is 4.79 Å². The maximum atomic E-state index is 10.5. The lowest BCUT2D eigenvalue weighted by atomic mass is 10.3. The zero-order valence-electron chi connectivity index (χ0n) is 7.24. The molecule has 0 unspecified atom stereocenters. The average Bonchev–Trinajstić information content (AvgIpc) is 2.15. The zero-order chi connectivity index (χ0) is 10.6. The van der Waals surface area contributed by atoms with Crippen molar-refractivity contribution in [1.29, 1.82) is 0 Å². The van der Waals surface area contributed by atoms with Crippen molar-refractivity contribution in [3.63, 3.8) is 0 Å². The summed E-state index contributed by atoms with van der Waals surface area (Å²) in [5.74, 6) is -0.406. The molecule has 0 aliphatic rings. The largest absolute Gasteiger partial charge is 0.478 e. The maximum Gasteiger partial charge on any atom is 0.337 e. The average molecular weight is 230 g/mol. The lowest BCUT2D eigenvalue weighted by molar-refractivity contribution is 0.0696. The Bertz CT molecular complexity index is 350. The highest BCUT2D eigenvalue weighted by molar-refractivity contribution is 7.99. The molecule has 3 nitrogen and oxygen atoms in total. The molecule has 0 spiro atoms. The summed E-state index contributed by atoms with van der Waals surface area (Å²) in [5.41, 5.74) is 0.180. The number of pyridine rings is 1. The Morgan fingerprint density at radius 2 is 2.36 bits per heavy atom. The van der Waals surface area contributed by atoms with Gasteiger partial charge in [0.1, 0.15) is 0 Å². The Kier molecular flexibility index (Phi) is 3.98. The van der Waals surface area contributed by atoms with Gasteiger partial charge in [-0.15, -0.1) is 11.8 Å². The summed E-state index contributed by atoms with van der Waals surface area (Å²) in [6.45, 7) is 3.54. The van der Waals surface area contributed by atoms with E-state index in [1.54, 1.807) is 6.07 Å². The molecule has 1 heterocycles. The molecule has 74 valence electrons. The maximum absolute atomic E-state index is 10.5. The highest BCUT2D eigenvalue weighted by Crippen LogP contribution is 2.18. The van der Waals surface area contributed by atoms with Crippen molar-refractivity contribution in [3.8, 4) is 0 Å². The summed E-state index contributed by atoms with van der Waals surface area (Å²) in [5, 5.41) is 9.89. The van der Waals surface area contributed by atoms with E-state index in [2.05, 4.69) is 11.6 Å². The number of hydrogen-bond donors (Lipinski definition) is 1. The van der Waals surface area contributed by atoms with Crippen LogP contribution in [0.4, 0.5) is 0 Å². The molecule has 0 atom stereocenters. The molecule has 0 amide bonds. The van der Waals surface area contributed by atoms with Crippen LogP contribution in [0.3, 0.4) is 0 Å². The molecule has 0 fully saturated rings. The van der Waals surface area contributed by atoms with Gasteiger partial charge in [-0.1, -0.05) is 18.2 Å². The number of halogens is 1. The summed E-state index contributed by atoms with van der Waals surface area (Å²) in [6.07, 6.45) is 1.32. The molecular weight excluding hydrogens is 222 g/mol. The Morgan fingerprint density at radius 3 is 2.79 bits per heavy atom. The monoisotopic (exact) mass is 229 g/mol. The minimum Gasteiger partial charge on any atom is -0.478 e. The molecule has 1 aromatic heterocycles. The molecule has 0 aromatic carbocycles. The van der Waals surface area contributed by atoms with Crippen LogP contribution in [-0.4, -0.2) is 21.8 Å². The van der Waals surface area contributed by atoms with Gasteiger partial charge < -0.3 is 5.11 Å². The summed E-state index contributed by atoms with van der Waals surface area (Å²) in [6, 6.07) is 3.16. The quantitative estimate of drug-likeness (QED) is 0.807. The van der Waals surface area contributed by atoms with E-state index in [0.29, 0.717) is 10.8 Å². The molecule has 0 aliphatic heterocycles. The van der Waals surface area contributed by atoms with Gasteiger partial charge in [-0.3, -0.25) is 0 Å². The minimum atomic E-state index is -0.976. The molecule has 0 aliphatic carbocycles. The lowest BCUT2D eigenvalue weighted by Gasteiger charge is -1.99. The molecule has 0 saturated carbocycles. The number of aromatic nitrogens is 1. The van der Waals surface area contributed by atoms with Crippen LogP contribution in [0.15, 0.2) is 35.0 Å². The van der Waals surface area contributed by atoms with E-state index in [0.717, 1.165) is 5.03 Å². The van der Waals surface area contributed by atoms with Crippen LogP contribution >= 0.6 is 23.4 Å². The molecule has 14 heavy (non-hydrogen) atoms. The second-order valence-corrected chi connectivity index (χ2v) is 4.03. The molecule has 0 saturated heterocycles. The van der Waals surface area contributed by atoms with E-state index in [1.807, 2.05) is 0 Å². The number of rotatable bonds is 4. The number of carboxylic acids is 1. The Labute approximate surface area is 90.8 Å². The van der Waals surface area contributed by atoms with Crippen molar-refractivity contribution in [2.75, 3.05) is 5.75 Å². The number of thioether (sulfide) groups is 1. The highest BCUT2D eigenvalue weighted by atomic mass is 35.5. The number of hydrogen-bond acceptors (Lipinski definition) is 3. The molecule has 1 N–H and O–H groups in total. The molecule has 0 radical (unpaired) electrons. The highest BCUT2D eigenvalue weighted by Gasteiger charge is 2.03. The van der Waals surface area contributed by atoms with Gasteiger partial charge in [0.15, 0.2) is 0 Å². The van der Waals surface area contributed by atoms with Crippen molar-refractivity contribution >= 4 is 29.3 Å². The lowest BCUT2D eigenvalue weighted by Crippen LogP contribution is -1.96. The van der Waals surface area contributed by atoms with Gasteiger partial charge in [-0.05, 0) is 12.1 Å². The fraction of sp³-hybridized carbons (Fsp3) is 0.111. The number of carboxylic acid groups (broad SMARTS) is 1. The van der Waals surface area contributed by atoms with Crippen LogP contribution in [0, 0.1) is 0 Å². The van der Waals surface area contributed by atoms with E-state index in [-0.39, 0.29) is 5.56 Å². The summed E-state index contributed by atoms with van der Waals surface area (Å²) in [7, 11) is 0. The first-order valence-electron chi connectivity index (χ1n) is 3.75. The third kappa shape index (κ3) is 3.40. The summed E-state index contributed by atoms with van der Waals surface area (Å²) >= 11 is 6.99. The molecule has 1 aromatic rings. The SMILES string of the molecule is C=C(Cl)CSc1ccc(C(=O)O)cn1. The Balaban J connectivity index is 2.64. The first kappa shape index (κ1) is 11.1. The van der Waals surface area contributed by atoms with Gasteiger partial charge in [-0.2, -0.15) is 0 Å². The normalized spacial score (nSPS) is 9.79. The van der Waals surface area contributed by atoms with Crippen LogP contribution in [0.1, 0.15) is 10.4 Å². The van der Waals surface area contributed by atoms with E-state index in [4.69, 9.17) is 16.7 Å². The summed E-state index contributed by atoms with van der Waals surface area (Å²) in [4.78, 5) is 14.5. The van der Waals surface area contributed by atoms with Crippen LogP contribution < -0.4 is 0 Å². The smallest absolute Gasteiger partial charge is 0.337 e. The summed E-state index contributed by atoms with van der Waals surface area (Å²) < 4.78 is 0. The van der Waals surface area contributed by atoms with Crippen molar-refractivity contribution in [2.24, 2.45) is 0 Å². The predicted octanol–water partition coefficient (Wildman–Crippen LogP) is 2.62. The van der Waals surface area contributed by atoms with Gasteiger partial charge in [0.25, 0.3) is 0 Å². The topological polar surface area (TPSA) is 50.2 Å². The second-order valence-electron chi connectivity index (χ2n) is 2.50. The van der Waals surface area contributed by atoms with E-state index in [1.165, 1.54) is 24.0 Å². The first-order chi connectivity index (χ1) is 6.59. The fourth-order valence-corrected chi connectivity index (χ4v) is 1.50. The molecule has 1 rings (SSSR count). The third-order valence-corrected chi connectivity index (χ3v) is 2.68. The number of carbonyl (C=O) groups is 1. The van der Waals surface area contributed by atoms with Crippen LogP contribution in [0.2, 0.25) is 0 Å². The predicted molar refractivity (Wildman–Crippen MR) is 56.9 cm³/mol. The van der Waals surface area contributed by atoms with Crippen molar-refractivity contribution in [1.82, 2.24) is 4.98 Å². The van der Waals surface area contributed by atoms with Crippen LogP contribution in [0.5, 0.6) is 0 Å².